The molecule has 0 fully saturated rings. The number of aliphatic hydroxyl groups is 1. The Morgan fingerprint density at radius 2 is 1.70 bits per heavy atom. The lowest BCUT2D eigenvalue weighted by atomic mass is 10.2. The second-order valence-electron chi connectivity index (χ2n) is 5.58. The summed E-state index contributed by atoms with van der Waals surface area (Å²) in [5.41, 5.74) is 0. The maximum Gasteiger partial charge on any atom is 0.303 e. The molecular formula is C20H32O3. The predicted octanol–water partition coefficient (Wildman–Crippen LogP) is 5.19. The molecule has 0 aromatic carbocycles. The topological polar surface area (TPSA) is 57.5 Å². The van der Waals surface area contributed by atoms with Gasteiger partial charge in [0, 0.05) is 6.42 Å². The molecule has 3 heteroatoms. The van der Waals surface area contributed by atoms with Crippen LogP contribution in [0.3, 0.4) is 0 Å². The van der Waals surface area contributed by atoms with E-state index in [1.807, 2.05) is 24.3 Å². The van der Waals surface area contributed by atoms with E-state index in [-0.39, 0.29) is 6.42 Å². The van der Waals surface area contributed by atoms with Crippen molar-refractivity contribution in [2.24, 2.45) is 0 Å². The molecule has 0 bridgehead atoms. The molecule has 0 heterocycles. The number of hydrogen-bond donors (Lipinski definition) is 2. The molecule has 0 rings (SSSR count). The van der Waals surface area contributed by atoms with E-state index >= 15 is 0 Å². The van der Waals surface area contributed by atoms with Crippen LogP contribution in [-0.2, 0) is 4.79 Å². The molecule has 1 unspecified atom stereocenters. The number of rotatable bonds is 14. The van der Waals surface area contributed by atoms with Crippen molar-refractivity contribution in [3.8, 4) is 0 Å². The molecular weight excluding hydrogens is 288 g/mol. The molecule has 0 aliphatic rings. The second-order valence-corrected chi connectivity index (χ2v) is 5.58. The Balaban J connectivity index is 3.62. The van der Waals surface area contributed by atoms with Gasteiger partial charge in [0.2, 0.25) is 0 Å². The van der Waals surface area contributed by atoms with Gasteiger partial charge in [0.15, 0.2) is 0 Å². The molecule has 0 spiro atoms. The summed E-state index contributed by atoms with van der Waals surface area (Å²) in [5, 5.41) is 18.2. The van der Waals surface area contributed by atoms with Crippen LogP contribution in [0.5, 0.6) is 0 Å². The van der Waals surface area contributed by atoms with Crippen molar-refractivity contribution in [1.82, 2.24) is 0 Å². The van der Waals surface area contributed by atoms with Crippen molar-refractivity contribution >= 4 is 5.97 Å². The number of carboxylic acids is 1. The zero-order valence-electron chi connectivity index (χ0n) is 14.4. The number of carbonyl (C=O) groups is 1. The molecule has 2 N–H and O–H groups in total. The third-order valence-electron chi connectivity index (χ3n) is 3.30. The van der Waals surface area contributed by atoms with Crippen LogP contribution in [0, 0.1) is 0 Å². The SMILES string of the molecule is CCCCC/C=C\C/C=C\CC(O)/C=C/C=C\CCCC(=O)O. The van der Waals surface area contributed by atoms with Crippen molar-refractivity contribution < 1.29 is 15.0 Å². The average molecular weight is 320 g/mol. The lowest BCUT2D eigenvalue weighted by Gasteiger charge is -1.98. The summed E-state index contributed by atoms with van der Waals surface area (Å²) in [6.07, 6.45) is 23.5. The predicted molar refractivity (Wildman–Crippen MR) is 97.4 cm³/mol. The van der Waals surface area contributed by atoms with E-state index in [0.29, 0.717) is 12.8 Å². The van der Waals surface area contributed by atoms with E-state index < -0.39 is 12.1 Å². The monoisotopic (exact) mass is 320 g/mol. The fraction of sp³-hybridized carbons (Fsp3) is 0.550. The van der Waals surface area contributed by atoms with Crippen LogP contribution in [0.4, 0.5) is 0 Å². The van der Waals surface area contributed by atoms with Crippen LogP contribution in [-0.4, -0.2) is 22.3 Å². The highest BCUT2D eigenvalue weighted by atomic mass is 16.4. The molecule has 0 radical (unpaired) electrons. The summed E-state index contributed by atoms with van der Waals surface area (Å²) in [4.78, 5) is 10.3. The van der Waals surface area contributed by atoms with Gasteiger partial charge in [-0.25, -0.2) is 0 Å². The Morgan fingerprint density at radius 1 is 0.957 bits per heavy atom. The van der Waals surface area contributed by atoms with Gasteiger partial charge in [0.1, 0.15) is 0 Å². The largest absolute Gasteiger partial charge is 0.481 e. The molecule has 0 aliphatic carbocycles. The smallest absolute Gasteiger partial charge is 0.303 e. The maximum absolute atomic E-state index is 10.3. The minimum atomic E-state index is -0.757. The van der Waals surface area contributed by atoms with Crippen molar-refractivity contribution in [2.75, 3.05) is 0 Å². The van der Waals surface area contributed by atoms with Crippen molar-refractivity contribution in [3.05, 3.63) is 48.6 Å². The normalized spacial score (nSPS) is 13.8. The Hall–Kier alpha value is -1.61. The quantitative estimate of drug-likeness (QED) is 0.263. The number of unbranched alkanes of at least 4 members (excludes halogenated alkanes) is 4. The van der Waals surface area contributed by atoms with Crippen molar-refractivity contribution in [3.63, 3.8) is 0 Å². The first kappa shape index (κ1) is 21.4. The summed E-state index contributed by atoms with van der Waals surface area (Å²) >= 11 is 0. The van der Waals surface area contributed by atoms with Gasteiger partial charge in [-0.15, -0.1) is 0 Å². The van der Waals surface area contributed by atoms with Gasteiger partial charge in [0.25, 0.3) is 0 Å². The summed E-state index contributed by atoms with van der Waals surface area (Å²) < 4.78 is 0. The Kier molecular flexibility index (Phi) is 15.6. The minimum absolute atomic E-state index is 0.203. The summed E-state index contributed by atoms with van der Waals surface area (Å²) in [6.45, 7) is 2.21. The zero-order chi connectivity index (χ0) is 17.2. The molecule has 0 aromatic rings. The first-order valence-corrected chi connectivity index (χ1v) is 8.70. The third kappa shape index (κ3) is 18.3. The Labute approximate surface area is 141 Å². The van der Waals surface area contributed by atoms with Crippen LogP contribution in [0.2, 0.25) is 0 Å². The van der Waals surface area contributed by atoms with E-state index in [9.17, 15) is 9.90 Å². The molecule has 0 saturated heterocycles. The maximum atomic E-state index is 10.3. The van der Waals surface area contributed by atoms with Crippen LogP contribution < -0.4 is 0 Å². The lowest BCUT2D eigenvalue weighted by Crippen LogP contribution is -1.98. The number of hydrogen-bond acceptors (Lipinski definition) is 2. The van der Waals surface area contributed by atoms with E-state index in [1.54, 1.807) is 6.08 Å². The van der Waals surface area contributed by atoms with E-state index in [1.165, 1.54) is 19.3 Å². The average Bonchev–Trinajstić information content (AvgIpc) is 2.52. The van der Waals surface area contributed by atoms with Gasteiger partial charge < -0.3 is 10.2 Å². The highest BCUT2D eigenvalue weighted by Gasteiger charge is 1.94. The summed E-state index contributed by atoms with van der Waals surface area (Å²) in [5.74, 6) is -0.757. The highest BCUT2D eigenvalue weighted by molar-refractivity contribution is 5.66. The van der Waals surface area contributed by atoms with Crippen LogP contribution in [0.25, 0.3) is 0 Å². The Morgan fingerprint density at radius 3 is 2.43 bits per heavy atom. The Bertz CT molecular complexity index is 392. The molecule has 130 valence electrons. The first-order chi connectivity index (χ1) is 11.2. The van der Waals surface area contributed by atoms with Crippen LogP contribution in [0.15, 0.2) is 48.6 Å². The lowest BCUT2D eigenvalue weighted by molar-refractivity contribution is -0.137. The third-order valence-corrected chi connectivity index (χ3v) is 3.30. The second kappa shape index (κ2) is 16.8. The molecule has 3 nitrogen and oxygen atoms in total. The number of aliphatic carboxylic acids is 1. The summed E-state index contributed by atoms with van der Waals surface area (Å²) in [6, 6.07) is 0. The minimum Gasteiger partial charge on any atom is -0.481 e. The van der Waals surface area contributed by atoms with Crippen molar-refractivity contribution in [2.45, 2.75) is 70.8 Å². The van der Waals surface area contributed by atoms with Gasteiger partial charge in [0.05, 0.1) is 6.10 Å². The number of carboxylic acid groups (broad SMARTS) is 1. The fourth-order valence-electron chi connectivity index (χ4n) is 1.95. The van der Waals surface area contributed by atoms with Gasteiger partial charge in [-0.2, -0.15) is 0 Å². The number of aliphatic hydroxyl groups excluding tert-OH is 1. The first-order valence-electron chi connectivity index (χ1n) is 8.70. The molecule has 1 atom stereocenters. The van der Waals surface area contributed by atoms with E-state index in [4.69, 9.17) is 5.11 Å². The van der Waals surface area contributed by atoms with E-state index in [2.05, 4.69) is 25.2 Å². The molecule has 0 aromatic heterocycles. The van der Waals surface area contributed by atoms with Crippen molar-refractivity contribution in [1.29, 1.82) is 0 Å². The standard InChI is InChI=1S/C20H32O3/c1-2-3-4-5-6-7-8-10-13-16-19(21)17-14-11-9-12-15-18-20(22)23/h6-7,9-11,13-14,17,19,21H,2-5,8,12,15-16,18H2,1H3,(H,22,23)/b7-6-,11-9-,13-10-,17-14+. The van der Waals surface area contributed by atoms with Gasteiger partial charge in [-0.3, -0.25) is 4.79 Å². The van der Waals surface area contributed by atoms with Gasteiger partial charge in [-0.05, 0) is 38.5 Å². The van der Waals surface area contributed by atoms with Crippen LogP contribution in [0.1, 0.15) is 64.7 Å². The van der Waals surface area contributed by atoms with Gasteiger partial charge >= 0.3 is 5.97 Å². The van der Waals surface area contributed by atoms with E-state index in [0.717, 1.165) is 19.3 Å². The number of allylic oxidation sites excluding steroid dienone is 6. The van der Waals surface area contributed by atoms with Gasteiger partial charge in [-0.1, -0.05) is 68.4 Å². The highest BCUT2D eigenvalue weighted by Crippen LogP contribution is 2.02. The molecule has 0 saturated carbocycles. The molecule has 23 heavy (non-hydrogen) atoms. The molecule has 0 amide bonds. The zero-order valence-corrected chi connectivity index (χ0v) is 14.4. The molecule has 0 aliphatic heterocycles. The van der Waals surface area contributed by atoms with Crippen LogP contribution >= 0.6 is 0 Å². The summed E-state index contributed by atoms with van der Waals surface area (Å²) in [7, 11) is 0. The fourth-order valence-corrected chi connectivity index (χ4v) is 1.95.